The van der Waals surface area contributed by atoms with Crippen molar-refractivity contribution in [2.45, 2.75) is 31.2 Å². The van der Waals surface area contributed by atoms with Gasteiger partial charge >= 0.3 is 27.1 Å². The molecule has 3 rings (SSSR count). The molecule has 0 spiro atoms. The highest BCUT2D eigenvalue weighted by Gasteiger charge is 2.53. The van der Waals surface area contributed by atoms with Gasteiger partial charge in [0, 0.05) is 18.6 Å². The molecule has 34 heavy (non-hydrogen) atoms. The summed E-state index contributed by atoms with van der Waals surface area (Å²) in [7, 11) is -6.70. The Morgan fingerprint density at radius 1 is 0.735 bits per heavy atom. The van der Waals surface area contributed by atoms with Crippen LogP contribution >= 0.6 is 16.1 Å². The highest BCUT2D eigenvalue weighted by atomic mass is 31.1. The zero-order valence-corrected chi connectivity index (χ0v) is 19.7. The molecule has 178 valence electrons. The summed E-state index contributed by atoms with van der Waals surface area (Å²) in [6.07, 6.45) is 0. The van der Waals surface area contributed by atoms with Crippen molar-refractivity contribution in [3.63, 3.8) is 0 Å². The van der Waals surface area contributed by atoms with E-state index in [1.54, 1.807) is 36.4 Å². The molecule has 3 aromatic carbocycles. The molecule has 0 saturated carbocycles. The maximum Gasteiger partial charge on any atom is 0.589 e. The van der Waals surface area contributed by atoms with E-state index < -0.39 is 32.7 Å². The molecule has 0 bridgehead atoms. The lowest BCUT2D eigenvalue weighted by atomic mass is 10.1. The van der Waals surface area contributed by atoms with Gasteiger partial charge in [-0.1, -0.05) is 42.5 Å². The van der Waals surface area contributed by atoms with Gasteiger partial charge in [0.1, 0.15) is 24.7 Å². The molecular weight excluding hydrogens is 491 g/mol. The summed E-state index contributed by atoms with van der Waals surface area (Å²) in [4.78, 5) is 17.9. The van der Waals surface area contributed by atoms with Crippen LogP contribution in [0.15, 0.2) is 72.8 Å². The molecule has 6 nitrogen and oxygen atoms in total. The van der Waals surface area contributed by atoms with Crippen molar-refractivity contribution in [2.24, 2.45) is 0 Å². The molecular formula is C23H21F3O6P2+2. The first-order valence-electron chi connectivity index (χ1n) is 9.94. The Morgan fingerprint density at radius 3 is 1.59 bits per heavy atom. The van der Waals surface area contributed by atoms with Crippen molar-refractivity contribution in [2.75, 3.05) is 0 Å². The molecule has 0 radical (unpaired) electrons. The zero-order valence-electron chi connectivity index (χ0n) is 17.9. The molecule has 3 unspecified atom stereocenters. The Balaban J connectivity index is 1.57. The highest BCUT2D eigenvalue weighted by molar-refractivity contribution is 7.39. The van der Waals surface area contributed by atoms with Crippen LogP contribution in [0, 0.1) is 0 Å². The van der Waals surface area contributed by atoms with E-state index in [1.165, 1.54) is 24.3 Å². The van der Waals surface area contributed by atoms with Gasteiger partial charge in [0.05, 0.1) is 5.56 Å². The molecule has 0 aliphatic heterocycles. The third-order valence-corrected chi connectivity index (χ3v) is 6.71. The lowest BCUT2D eigenvalue weighted by Crippen LogP contribution is -2.09. The first-order valence-corrected chi connectivity index (χ1v) is 12.4. The second-order valence-corrected chi connectivity index (χ2v) is 9.98. The summed E-state index contributed by atoms with van der Waals surface area (Å²) in [6, 6.07) is 17.8. The van der Waals surface area contributed by atoms with Gasteiger partial charge < -0.3 is 9.47 Å². The van der Waals surface area contributed by atoms with Crippen LogP contribution in [0.3, 0.4) is 0 Å². The van der Waals surface area contributed by atoms with Crippen LogP contribution in [-0.2, 0) is 33.4 Å². The van der Waals surface area contributed by atoms with E-state index in [0.717, 1.165) is 24.6 Å². The largest absolute Gasteiger partial charge is 0.589 e. The molecule has 0 aliphatic rings. The third kappa shape index (κ3) is 6.19. The van der Waals surface area contributed by atoms with Crippen LogP contribution in [0.5, 0.6) is 11.5 Å². The smallest absolute Gasteiger partial charge is 0.489 e. The van der Waals surface area contributed by atoms with Gasteiger partial charge in [-0.05, 0) is 44.5 Å². The zero-order chi connectivity index (χ0) is 24.9. The maximum atomic E-state index is 14.2. The number of alkyl halides is 3. The van der Waals surface area contributed by atoms with Crippen LogP contribution < -0.4 is 9.47 Å². The van der Waals surface area contributed by atoms with Crippen LogP contribution in [-0.4, -0.2) is 9.79 Å². The Hall–Kier alpha value is -2.83. The van der Waals surface area contributed by atoms with E-state index in [9.17, 15) is 22.3 Å². The van der Waals surface area contributed by atoms with Crippen molar-refractivity contribution in [1.29, 1.82) is 0 Å². The van der Waals surface area contributed by atoms with E-state index in [2.05, 4.69) is 0 Å². The van der Waals surface area contributed by atoms with Gasteiger partial charge in [0.25, 0.3) is 0 Å². The summed E-state index contributed by atoms with van der Waals surface area (Å²) in [5.74, 6) is 0.970. The molecule has 11 heteroatoms. The van der Waals surface area contributed by atoms with Gasteiger partial charge in [0.15, 0.2) is 0 Å². The van der Waals surface area contributed by atoms with Crippen LogP contribution in [0.4, 0.5) is 13.2 Å². The predicted octanol–water partition coefficient (Wildman–Crippen LogP) is 6.51. The fourth-order valence-corrected chi connectivity index (χ4v) is 3.65. The Bertz CT molecular complexity index is 1080. The van der Waals surface area contributed by atoms with Crippen molar-refractivity contribution >= 4 is 16.1 Å². The van der Waals surface area contributed by atoms with Crippen molar-refractivity contribution in [3.8, 4) is 11.5 Å². The van der Waals surface area contributed by atoms with Crippen LogP contribution in [0.2, 0.25) is 0 Å². The second kappa shape index (κ2) is 10.6. The van der Waals surface area contributed by atoms with Crippen molar-refractivity contribution in [3.05, 3.63) is 95.1 Å². The normalized spacial score (nSPS) is 14.2. The SMILES string of the molecule is CC(F)(c1ccc(COc2cccc(OCc3ccc(C(F)(F)[P+](=O)O)cc3)c2)cc1)[P+](=O)O. The topological polar surface area (TPSA) is 93.1 Å². The van der Waals surface area contributed by atoms with E-state index in [-0.39, 0.29) is 18.8 Å². The summed E-state index contributed by atoms with van der Waals surface area (Å²) < 4.78 is 74.8. The lowest BCUT2D eigenvalue weighted by Gasteiger charge is -2.11. The number of hydrogen-bond donors (Lipinski definition) is 2. The van der Waals surface area contributed by atoms with Gasteiger partial charge in [-0.15, -0.1) is 8.78 Å². The first-order chi connectivity index (χ1) is 16.0. The van der Waals surface area contributed by atoms with E-state index in [0.29, 0.717) is 17.1 Å². The number of halogens is 3. The van der Waals surface area contributed by atoms with E-state index in [1.807, 2.05) is 0 Å². The van der Waals surface area contributed by atoms with Gasteiger partial charge in [-0.2, -0.15) is 14.2 Å². The Morgan fingerprint density at radius 2 is 1.18 bits per heavy atom. The summed E-state index contributed by atoms with van der Waals surface area (Å²) in [6.45, 7) is 1.29. The number of benzene rings is 3. The average Bonchev–Trinajstić information content (AvgIpc) is 2.82. The van der Waals surface area contributed by atoms with Gasteiger partial charge in [-0.3, -0.25) is 0 Å². The Labute approximate surface area is 195 Å². The molecule has 0 heterocycles. The first kappa shape index (κ1) is 25.8. The quantitative estimate of drug-likeness (QED) is 0.301. The summed E-state index contributed by atoms with van der Waals surface area (Å²) in [5, 5.41) is -2.33. The fraction of sp³-hybridized carbons (Fsp3) is 0.217. The predicted molar refractivity (Wildman–Crippen MR) is 120 cm³/mol. The molecule has 0 saturated heterocycles. The van der Waals surface area contributed by atoms with Gasteiger partial charge in [0.2, 0.25) is 0 Å². The molecule has 0 aromatic heterocycles. The second-order valence-electron chi connectivity index (χ2n) is 7.49. The van der Waals surface area contributed by atoms with Crippen molar-refractivity contribution < 1.29 is 41.6 Å². The highest BCUT2D eigenvalue weighted by Crippen LogP contribution is 2.47. The molecule has 3 aromatic rings. The monoisotopic (exact) mass is 512 g/mol. The molecule has 0 aliphatic carbocycles. The van der Waals surface area contributed by atoms with Crippen LogP contribution in [0.25, 0.3) is 0 Å². The third-order valence-electron chi connectivity index (χ3n) is 5.00. The van der Waals surface area contributed by atoms with Crippen LogP contribution in [0.1, 0.15) is 29.2 Å². The molecule has 0 fully saturated rings. The fourth-order valence-electron chi connectivity index (χ4n) is 2.91. The minimum atomic E-state index is -3.82. The standard InChI is InChI=1S/C23H19F3O6P2/c1-22(24,33(27)28)18-9-5-16(6-10-18)14-31-20-3-2-4-21(13-20)32-15-17-7-11-19(12-8-17)23(25,26)34(29)30/h2-13H,14-15H2,1H3/p+2. The number of rotatable bonds is 10. The number of hydrogen-bond acceptors (Lipinski definition) is 4. The molecule has 0 amide bonds. The molecule has 2 N–H and O–H groups in total. The lowest BCUT2D eigenvalue weighted by molar-refractivity contribution is 0.0814. The summed E-state index contributed by atoms with van der Waals surface area (Å²) in [5.41, 5.74) is -2.96. The Kier molecular flexibility index (Phi) is 8.05. The summed E-state index contributed by atoms with van der Waals surface area (Å²) >= 11 is 0. The minimum absolute atomic E-state index is 0.0805. The van der Waals surface area contributed by atoms with E-state index >= 15 is 0 Å². The number of ether oxygens (including phenoxy) is 2. The average molecular weight is 512 g/mol. The van der Waals surface area contributed by atoms with E-state index in [4.69, 9.17) is 19.3 Å². The minimum Gasteiger partial charge on any atom is -0.489 e. The maximum absolute atomic E-state index is 14.2. The van der Waals surface area contributed by atoms with Gasteiger partial charge in [-0.25, -0.2) is 0 Å². The molecule has 3 atom stereocenters. The van der Waals surface area contributed by atoms with Crippen molar-refractivity contribution in [1.82, 2.24) is 0 Å².